The summed E-state index contributed by atoms with van der Waals surface area (Å²) in [5, 5.41) is 0. The second-order valence-electron chi connectivity index (χ2n) is 6.18. The van der Waals surface area contributed by atoms with Crippen molar-refractivity contribution in [2.75, 3.05) is 31.7 Å². The van der Waals surface area contributed by atoms with Crippen molar-refractivity contribution in [2.45, 2.75) is 52.7 Å². The summed E-state index contributed by atoms with van der Waals surface area (Å²) < 4.78 is 28.4. The van der Waals surface area contributed by atoms with Crippen LogP contribution >= 0.6 is 0 Å². The third kappa shape index (κ3) is 4.43. The molecule has 1 aliphatic carbocycles. The Balaban J connectivity index is 2.63. The van der Waals surface area contributed by atoms with Crippen molar-refractivity contribution in [1.82, 2.24) is 4.90 Å². The fraction of sp³-hybridized carbons (Fsp3) is 1.00. The molecule has 0 amide bonds. The molecule has 0 bridgehead atoms. The van der Waals surface area contributed by atoms with Crippen LogP contribution in [0.2, 0.25) is 0 Å². The van der Waals surface area contributed by atoms with Gasteiger partial charge in [-0.2, -0.15) is 0 Å². The highest BCUT2D eigenvalue weighted by molar-refractivity contribution is 7.90. The summed E-state index contributed by atoms with van der Waals surface area (Å²) in [6.45, 7) is 11.0. The SMILES string of the molecule is CCCN(CCS(C)(=O)=O)[C@@H]1C[C@@H](OCC)C1(C)C. The predicted octanol–water partition coefficient (Wildman–Crippen LogP) is 1.95. The van der Waals surface area contributed by atoms with Gasteiger partial charge in [0.05, 0.1) is 11.9 Å². The standard InChI is InChI=1S/C14H29NO3S/c1-6-8-15(9-10-19(5,16)17)12-11-13(18-7-2)14(12,3)4/h12-13H,6-11H2,1-5H3/t12-,13-/m1/s1. The maximum atomic E-state index is 11.3. The molecule has 1 aliphatic rings. The van der Waals surface area contributed by atoms with Gasteiger partial charge in [-0.25, -0.2) is 8.42 Å². The molecule has 1 rings (SSSR count). The molecular weight excluding hydrogens is 262 g/mol. The van der Waals surface area contributed by atoms with Crippen molar-refractivity contribution in [3.05, 3.63) is 0 Å². The quantitative estimate of drug-likeness (QED) is 0.686. The smallest absolute Gasteiger partial charge is 0.148 e. The van der Waals surface area contributed by atoms with Gasteiger partial charge in [0.15, 0.2) is 0 Å². The molecule has 0 radical (unpaired) electrons. The minimum atomic E-state index is -2.89. The second-order valence-corrected chi connectivity index (χ2v) is 8.44. The Hall–Kier alpha value is -0.130. The molecule has 0 saturated heterocycles. The van der Waals surface area contributed by atoms with E-state index >= 15 is 0 Å². The number of sulfone groups is 1. The van der Waals surface area contributed by atoms with Gasteiger partial charge in [0.2, 0.25) is 0 Å². The molecular formula is C14H29NO3S. The lowest BCUT2D eigenvalue weighted by Crippen LogP contribution is -2.62. The molecule has 0 aromatic carbocycles. The molecule has 0 aliphatic heterocycles. The maximum Gasteiger partial charge on any atom is 0.148 e. The van der Waals surface area contributed by atoms with E-state index in [0.29, 0.717) is 18.7 Å². The van der Waals surface area contributed by atoms with Gasteiger partial charge < -0.3 is 4.74 Å². The van der Waals surface area contributed by atoms with Crippen LogP contribution in [0.3, 0.4) is 0 Å². The van der Waals surface area contributed by atoms with E-state index in [-0.39, 0.29) is 11.2 Å². The summed E-state index contributed by atoms with van der Waals surface area (Å²) >= 11 is 0. The minimum Gasteiger partial charge on any atom is -0.378 e. The monoisotopic (exact) mass is 291 g/mol. The number of hydrogen-bond donors (Lipinski definition) is 0. The highest BCUT2D eigenvalue weighted by Gasteiger charge is 2.51. The van der Waals surface area contributed by atoms with Crippen molar-refractivity contribution in [3.8, 4) is 0 Å². The molecule has 0 unspecified atom stereocenters. The van der Waals surface area contributed by atoms with Crippen molar-refractivity contribution in [1.29, 1.82) is 0 Å². The van der Waals surface area contributed by atoms with Crippen molar-refractivity contribution < 1.29 is 13.2 Å². The first-order valence-electron chi connectivity index (χ1n) is 7.25. The summed E-state index contributed by atoms with van der Waals surface area (Å²) in [6, 6.07) is 0.436. The lowest BCUT2D eigenvalue weighted by atomic mass is 9.63. The van der Waals surface area contributed by atoms with E-state index in [9.17, 15) is 8.42 Å². The zero-order chi connectivity index (χ0) is 14.7. The molecule has 0 aromatic rings. The first-order chi connectivity index (χ1) is 8.72. The number of ether oxygens (including phenoxy) is 1. The van der Waals surface area contributed by atoms with Crippen LogP contribution in [0, 0.1) is 5.41 Å². The van der Waals surface area contributed by atoms with Crippen molar-refractivity contribution in [3.63, 3.8) is 0 Å². The average molecular weight is 291 g/mol. The van der Waals surface area contributed by atoms with Gasteiger partial charge in [-0.15, -0.1) is 0 Å². The molecule has 0 heterocycles. The van der Waals surface area contributed by atoms with Gasteiger partial charge in [0.1, 0.15) is 9.84 Å². The Labute approximate surface area is 118 Å². The molecule has 19 heavy (non-hydrogen) atoms. The second kappa shape index (κ2) is 6.55. The van der Waals surface area contributed by atoms with Crippen LogP contribution in [0.15, 0.2) is 0 Å². The van der Waals surface area contributed by atoms with E-state index in [4.69, 9.17) is 4.74 Å². The van der Waals surface area contributed by atoms with Crippen molar-refractivity contribution >= 4 is 9.84 Å². The molecule has 1 saturated carbocycles. The molecule has 4 nitrogen and oxygen atoms in total. The van der Waals surface area contributed by atoms with Gasteiger partial charge >= 0.3 is 0 Å². The largest absolute Gasteiger partial charge is 0.378 e. The van der Waals surface area contributed by atoms with E-state index < -0.39 is 9.84 Å². The summed E-state index contributed by atoms with van der Waals surface area (Å²) in [5.74, 6) is 0.249. The zero-order valence-electron chi connectivity index (χ0n) is 13.0. The fourth-order valence-corrected chi connectivity index (χ4v) is 3.53. The number of rotatable bonds is 8. The molecule has 0 spiro atoms. The van der Waals surface area contributed by atoms with Gasteiger partial charge in [-0.05, 0) is 26.3 Å². The minimum absolute atomic E-state index is 0.114. The Morgan fingerprint density at radius 2 is 1.89 bits per heavy atom. The topological polar surface area (TPSA) is 46.6 Å². The summed E-state index contributed by atoms with van der Waals surface area (Å²) in [7, 11) is -2.89. The number of nitrogens with zero attached hydrogens (tertiary/aromatic N) is 1. The van der Waals surface area contributed by atoms with Gasteiger partial charge in [-0.1, -0.05) is 20.8 Å². The third-order valence-corrected chi connectivity index (χ3v) is 5.12. The molecule has 0 aromatic heterocycles. The zero-order valence-corrected chi connectivity index (χ0v) is 13.8. The van der Waals surface area contributed by atoms with Gasteiger partial charge in [0, 0.05) is 30.9 Å². The van der Waals surface area contributed by atoms with Crippen LogP contribution in [0.4, 0.5) is 0 Å². The normalized spacial score (nSPS) is 26.4. The summed E-state index contributed by atoms with van der Waals surface area (Å²) in [4.78, 5) is 2.33. The average Bonchev–Trinajstić information content (AvgIpc) is 2.29. The van der Waals surface area contributed by atoms with Crippen LogP contribution in [-0.4, -0.2) is 57.2 Å². The van der Waals surface area contributed by atoms with E-state index in [1.54, 1.807) is 0 Å². The molecule has 0 N–H and O–H groups in total. The van der Waals surface area contributed by atoms with Gasteiger partial charge in [-0.3, -0.25) is 4.90 Å². The molecule has 114 valence electrons. The van der Waals surface area contributed by atoms with Crippen LogP contribution in [0.25, 0.3) is 0 Å². The predicted molar refractivity (Wildman–Crippen MR) is 79.2 cm³/mol. The highest BCUT2D eigenvalue weighted by atomic mass is 32.2. The van der Waals surface area contributed by atoms with E-state index in [1.165, 1.54) is 6.26 Å². The fourth-order valence-electron chi connectivity index (χ4n) is 2.96. The molecule has 1 fully saturated rings. The first kappa shape index (κ1) is 16.9. The lowest BCUT2D eigenvalue weighted by molar-refractivity contribution is -0.148. The summed E-state index contributed by atoms with van der Waals surface area (Å²) in [6.07, 6.45) is 3.69. The Morgan fingerprint density at radius 1 is 1.26 bits per heavy atom. The Morgan fingerprint density at radius 3 is 2.32 bits per heavy atom. The maximum absolute atomic E-state index is 11.3. The molecule has 2 atom stereocenters. The van der Waals surface area contributed by atoms with Crippen molar-refractivity contribution in [2.24, 2.45) is 5.41 Å². The molecule has 5 heteroatoms. The van der Waals surface area contributed by atoms with E-state index in [2.05, 4.69) is 25.7 Å². The van der Waals surface area contributed by atoms with Crippen LogP contribution in [-0.2, 0) is 14.6 Å². The highest BCUT2D eigenvalue weighted by Crippen LogP contribution is 2.45. The Kier molecular flexibility index (Phi) is 5.83. The van der Waals surface area contributed by atoms with E-state index in [0.717, 1.165) is 26.0 Å². The van der Waals surface area contributed by atoms with Gasteiger partial charge in [0.25, 0.3) is 0 Å². The van der Waals surface area contributed by atoms with E-state index in [1.807, 2.05) is 6.92 Å². The summed E-state index contributed by atoms with van der Waals surface area (Å²) in [5.41, 5.74) is 0.114. The number of hydrogen-bond acceptors (Lipinski definition) is 4. The third-order valence-electron chi connectivity index (χ3n) is 4.19. The van der Waals surface area contributed by atoms with Crippen LogP contribution in [0.5, 0.6) is 0 Å². The van der Waals surface area contributed by atoms with Crippen LogP contribution < -0.4 is 0 Å². The lowest BCUT2D eigenvalue weighted by Gasteiger charge is -2.56. The first-order valence-corrected chi connectivity index (χ1v) is 9.31. The Bertz CT molecular complexity index is 378. The van der Waals surface area contributed by atoms with Crippen LogP contribution in [0.1, 0.15) is 40.5 Å².